The van der Waals surface area contributed by atoms with Crippen molar-refractivity contribution in [2.45, 2.75) is 38.3 Å². The number of morpholine rings is 1. The zero-order chi connectivity index (χ0) is 14.5. The van der Waals surface area contributed by atoms with Crippen molar-refractivity contribution in [3.05, 3.63) is 35.9 Å². The standard InChI is InChI=1S/C16H22BrNO2/c1-3-15(13-7-5-4-6-8-13)16(19)18-10-14(9-17)20-11-12(18)2/h4-8,12,14-15H,3,9-11H2,1-2H3. The van der Waals surface area contributed by atoms with Crippen molar-refractivity contribution in [2.75, 3.05) is 18.5 Å². The molecule has 4 heteroatoms. The van der Waals surface area contributed by atoms with Crippen LogP contribution in [0, 0.1) is 0 Å². The molecule has 0 spiro atoms. The monoisotopic (exact) mass is 339 g/mol. The number of hydrogen-bond donors (Lipinski definition) is 0. The Morgan fingerprint density at radius 2 is 2.15 bits per heavy atom. The molecule has 0 aromatic heterocycles. The molecule has 2 rings (SSSR count). The Balaban J connectivity index is 2.15. The number of benzene rings is 1. The van der Waals surface area contributed by atoms with Gasteiger partial charge in [-0.1, -0.05) is 53.2 Å². The zero-order valence-corrected chi connectivity index (χ0v) is 13.7. The fourth-order valence-corrected chi connectivity index (χ4v) is 3.05. The molecule has 20 heavy (non-hydrogen) atoms. The van der Waals surface area contributed by atoms with Gasteiger partial charge in [-0.15, -0.1) is 0 Å². The van der Waals surface area contributed by atoms with Crippen molar-refractivity contribution >= 4 is 21.8 Å². The minimum Gasteiger partial charge on any atom is -0.373 e. The predicted octanol–water partition coefficient (Wildman–Crippen LogP) is 3.19. The molecule has 1 saturated heterocycles. The highest BCUT2D eigenvalue weighted by molar-refractivity contribution is 9.09. The van der Waals surface area contributed by atoms with Crippen LogP contribution < -0.4 is 0 Å². The van der Waals surface area contributed by atoms with Crippen LogP contribution in [0.15, 0.2) is 30.3 Å². The third kappa shape index (κ3) is 3.41. The molecule has 1 amide bonds. The second-order valence-electron chi connectivity index (χ2n) is 5.32. The van der Waals surface area contributed by atoms with Crippen molar-refractivity contribution in [2.24, 2.45) is 0 Å². The van der Waals surface area contributed by atoms with E-state index >= 15 is 0 Å². The topological polar surface area (TPSA) is 29.5 Å². The van der Waals surface area contributed by atoms with Crippen LogP contribution >= 0.6 is 15.9 Å². The van der Waals surface area contributed by atoms with Crippen molar-refractivity contribution in [1.82, 2.24) is 4.90 Å². The van der Waals surface area contributed by atoms with Crippen LogP contribution in [0.25, 0.3) is 0 Å². The van der Waals surface area contributed by atoms with Gasteiger partial charge < -0.3 is 9.64 Å². The average Bonchev–Trinajstić information content (AvgIpc) is 2.49. The molecule has 0 saturated carbocycles. The number of ether oxygens (including phenoxy) is 1. The summed E-state index contributed by atoms with van der Waals surface area (Å²) in [6.45, 7) is 5.42. The fourth-order valence-electron chi connectivity index (χ4n) is 2.66. The Hall–Kier alpha value is -0.870. The van der Waals surface area contributed by atoms with Crippen molar-refractivity contribution in [1.29, 1.82) is 0 Å². The Morgan fingerprint density at radius 3 is 2.75 bits per heavy atom. The van der Waals surface area contributed by atoms with Gasteiger partial charge in [0.1, 0.15) is 0 Å². The van der Waals surface area contributed by atoms with Gasteiger partial charge in [0, 0.05) is 11.9 Å². The van der Waals surface area contributed by atoms with Crippen LogP contribution in [0.4, 0.5) is 0 Å². The quantitative estimate of drug-likeness (QED) is 0.788. The van der Waals surface area contributed by atoms with E-state index in [9.17, 15) is 4.79 Å². The fraction of sp³-hybridized carbons (Fsp3) is 0.562. The molecule has 1 aliphatic heterocycles. The molecule has 0 radical (unpaired) electrons. The average molecular weight is 340 g/mol. The summed E-state index contributed by atoms with van der Waals surface area (Å²) in [7, 11) is 0. The maximum atomic E-state index is 12.9. The number of halogens is 1. The first-order chi connectivity index (χ1) is 9.67. The smallest absolute Gasteiger partial charge is 0.230 e. The Bertz CT molecular complexity index is 437. The molecule has 110 valence electrons. The maximum Gasteiger partial charge on any atom is 0.230 e. The number of rotatable bonds is 4. The molecule has 1 aromatic carbocycles. The SMILES string of the molecule is CCC(C(=O)N1CC(CBr)OCC1C)c1ccccc1. The molecular weight excluding hydrogens is 318 g/mol. The van der Waals surface area contributed by atoms with E-state index in [0.29, 0.717) is 13.2 Å². The summed E-state index contributed by atoms with van der Waals surface area (Å²) in [5.41, 5.74) is 1.11. The molecule has 1 heterocycles. The van der Waals surface area contributed by atoms with Crippen LogP contribution in [-0.2, 0) is 9.53 Å². The summed E-state index contributed by atoms with van der Waals surface area (Å²) >= 11 is 3.44. The largest absolute Gasteiger partial charge is 0.373 e. The Labute approximate surface area is 129 Å². The molecular formula is C16H22BrNO2. The van der Waals surface area contributed by atoms with E-state index in [2.05, 4.69) is 29.8 Å². The number of hydrogen-bond acceptors (Lipinski definition) is 2. The highest BCUT2D eigenvalue weighted by atomic mass is 79.9. The van der Waals surface area contributed by atoms with Crippen molar-refractivity contribution in [3.63, 3.8) is 0 Å². The predicted molar refractivity (Wildman–Crippen MR) is 84.2 cm³/mol. The lowest BCUT2D eigenvalue weighted by molar-refractivity contribution is -0.144. The minimum atomic E-state index is -0.0484. The van der Waals surface area contributed by atoms with Crippen LogP contribution in [0.3, 0.4) is 0 Å². The highest BCUT2D eigenvalue weighted by Crippen LogP contribution is 2.25. The normalized spacial score (nSPS) is 24.4. The van der Waals surface area contributed by atoms with E-state index in [1.54, 1.807) is 0 Å². The summed E-state index contributed by atoms with van der Waals surface area (Å²) < 4.78 is 5.70. The lowest BCUT2D eigenvalue weighted by atomic mass is 9.94. The van der Waals surface area contributed by atoms with Crippen LogP contribution in [0.1, 0.15) is 31.7 Å². The number of carbonyl (C=O) groups excluding carboxylic acids is 1. The number of carbonyl (C=O) groups is 1. The van der Waals surface area contributed by atoms with E-state index in [-0.39, 0.29) is 24.0 Å². The van der Waals surface area contributed by atoms with Gasteiger partial charge in [0.2, 0.25) is 5.91 Å². The number of amides is 1. The molecule has 3 nitrogen and oxygen atoms in total. The first-order valence-corrected chi connectivity index (χ1v) is 8.32. The molecule has 1 aromatic rings. The van der Waals surface area contributed by atoms with Gasteiger partial charge >= 0.3 is 0 Å². The minimum absolute atomic E-state index is 0.0484. The van der Waals surface area contributed by atoms with E-state index < -0.39 is 0 Å². The van der Waals surface area contributed by atoms with Gasteiger partial charge in [-0.25, -0.2) is 0 Å². The Morgan fingerprint density at radius 1 is 1.45 bits per heavy atom. The summed E-state index contributed by atoms with van der Waals surface area (Å²) in [4.78, 5) is 14.8. The lowest BCUT2D eigenvalue weighted by Crippen LogP contribution is -2.52. The Kier molecular flexibility index (Phi) is 5.61. The maximum absolute atomic E-state index is 12.9. The van der Waals surface area contributed by atoms with Gasteiger partial charge in [0.25, 0.3) is 0 Å². The zero-order valence-electron chi connectivity index (χ0n) is 12.1. The van der Waals surface area contributed by atoms with Gasteiger partial charge in [-0.2, -0.15) is 0 Å². The van der Waals surface area contributed by atoms with E-state index in [4.69, 9.17) is 4.74 Å². The molecule has 0 N–H and O–H groups in total. The van der Waals surface area contributed by atoms with E-state index in [0.717, 1.165) is 17.3 Å². The first-order valence-electron chi connectivity index (χ1n) is 7.20. The van der Waals surface area contributed by atoms with E-state index in [1.807, 2.05) is 35.2 Å². The third-order valence-electron chi connectivity index (χ3n) is 3.87. The van der Waals surface area contributed by atoms with Crippen LogP contribution in [-0.4, -0.2) is 41.4 Å². The van der Waals surface area contributed by atoms with Gasteiger partial charge in [-0.05, 0) is 18.9 Å². The van der Waals surface area contributed by atoms with Gasteiger partial charge in [0.05, 0.1) is 24.7 Å². The first kappa shape index (κ1) is 15.5. The third-order valence-corrected chi connectivity index (χ3v) is 4.59. The molecule has 1 fully saturated rings. The lowest BCUT2D eigenvalue weighted by Gasteiger charge is -2.39. The van der Waals surface area contributed by atoms with Gasteiger partial charge in [0.15, 0.2) is 0 Å². The molecule has 3 atom stereocenters. The van der Waals surface area contributed by atoms with E-state index in [1.165, 1.54) is 0 Å². The number of alkyl halides is 1. The molecule has 0 bridgehead atoms. The van der Waals surface area contributed by atoms with Crippen LogP contribution in [0.2, 0.25) is 0 Å². The number of nitrogens with zero attached hydrogens (tertiary/aromatic N) is 1. The molecule has 0 aliphatic carbocycles. The van der Waals surface area contributed by atoms with Crippen molar-refractivity contribution < 1.29 is 9.53 Å². The van der Waals surface area contributed by atoms with Crippen molar-refractivity contribution in [3.8, 4) is 0 Å². The second-order valence-corrected chi connectivity index (χ2v) is 5.97. The van der Waals surface area contributed by atoms with Crippen LogP contribution in [0.5, 0.6) is 0 Å². The summed E-state index contributed by atoms with van der Waals surface area (Å²) in [6, 6.07) is 10.2. The molecule has 3 unspecified atom stereocenters. The summed E-state index contributed by atoms with van der Waals surface area (Å²) in [5, 5.41) is 0.769. The second kappa shape index (κ2) is 7.23. The molecule has 1 aliphatic rings. The van der Waals surface area contributed by atoms with Gasteiger partial charge in [-0.3, -0.25) is 4.79 Å². The highest BCUT2D eigenvalue weighted by Gasteiger charge is 2.32. The summed E-state index contributed by atoms with van der Waals surface area (Å²) in [5.74, 6) is 0.174. The summed E-state index contributed by atoms with van der Waals surface area (Å²) in [6.07, 6.45) is 0.926.